The molecule has 40 heavy (non-hydrogen) atoms. The summed E-state index contributed by atoms with van der Waals surface area (Å²) in [5, 5.41) is 1.45. The van der Waals surface area contributed by atoms with Crippen molar-refractivity contribution in [2.45, 2.75) is 9.79 Å². The Hall–Kier alpha value is -4.61. The third kappa shape index (κ3) is 4.38. The average Bonchev–Trinajstić information content (AvgIpc) is 3.52. The molecule has 0 saturated carbocycles. The van der Waals surface area contributed by atoms with Gasteiger partial charge in [0.05, 0.1) is 9.79 Å². The van der Waals surface area contributed by atoms with Crippen molar-refractivity contribution >= 4 is 47.8 Å². The molecule has 0 unspecified atom stereocenters. The van der Waals surface area contributed by atoms with Crippen LogP contribution < -0.4 is 0 Å². The number of benzene rings is 2. The van der Waals surface area contributed by atoms with Crippen molar-refractivity contribution in [2.75, 3.05) is 12.5 Å². The molecule has 0 fully saturated rings. The number of aromatic nitrogens is 4. The Morgan fingerprint density at radius 2 is 0.975 bits per heavy atom. The lowest BCUT2D eigenvalue weighted by Crippen LogP contribution is -2.18. The highest BCUT2D eigenvalue weighted by Gasteiger charge is 2.22. The van der Waals surface area contributed by atoms with Crippen molar-refractivity contribution in [3.63, 3.8) is 0 Å². The Kier molecular flexibility index (Phi) is 5.93. The van der Waals surface area contributed by atoms with Gasteiger partial charge in [-0.05, 0) is 59.7 Å². The molecule has 0 aliphatic heterocycles. The van der Waals surface area contributed by atoms with Gasteiger partial charge < -0.3 is 0 Å². The van der Waals surface area contributed by atoms with Gasteiger partial charge in [-0.2, -0.15) is 0 Å². The van der Waals surface area contributed by atoms with Gasteiger partial charge in [-0.1, -0.05) is 24.3 Å². The number of fused-ring (bicyclic) bond motifs is 2. The van der Waals surface area contributed by atoms with Crippen LogP contribution in [0.2, 0.25) is 0 Å². The zero-order valence-electron chi connectivity index (χ0n) is 21.4. The third-order valence-corrected chi connectivity index (χ3v) is 8.98. The van der Waals surface area contributed by atoms with Crippen LogP contribution in [0.5, 0.6) is 0 Å². The Labute approximate surface area is 230 Å². The molecule has 9 nitrogen and oxygen atoms in total. The summed E-state index contributed by atoms with van der Waals surface area (Å²) in [5.74, 6) is 0. The van der Waals surface area contributed by atoms with Crippen molar-refractivity contribution in [2.24, 2.45) is 0 Å². The maximum Gasteiger partial charge on any atom is 0.339 e. The molecule has 0 radical (unpaired) electrons. The van der Waals surface area contributed by atoms with E-state index in [0.29, 0.717) is 11.3 Å². The molecule has 0 aliphatic carbocycles. The molecule has 2 aromatic carbocycles. The van der Waals surface area contributed by atoms with E-state index >= 15 is 0 Å². The molecule has 0 aliphatic rings. The Morgan fingerprint density at radius 1 is 0.600 bits per heavy atom. The van der Waals surface area contributed by atoms with Gasteiger partial charge in [-0.25, -0.2) is 31.6 Å². The maximum absolute atomic E-state index is 14.0. The van der Waals surface area contributed by atoms with Gasteiger partial charge in [-0.15, -0.1) is 0 Å². The van der Waals surface area contributed by atoms with Gasteiger partial charge in [-0.3, -0.25) is 9.13 Å². The van der Waals surface area contributed by atoms with Crippen LogP contribution >= 0.6 is 0 Å². The van der Waals surface area contributed by atoms with E-state index < -0.39 is 25.7 Å². The van der Waals surface area contributed by atoms with E-state index in [-0.39, 0.29) is 9.79 Å². The first-order chi connectivity index (χ1) is 19.0. The van der Waals surface area contributed by atoms with Gasteiger partial charge in [0.25, 0.3) is 0 Å². The number of hydrogen-bond donors (Lipinski definition) is 0. The number of pyridine rings is 2. The Bertz CT molecular complexity index is 2010. The molecule has 4 aromatic heterocycles. The molecule has 0 spiro atoms. The summed E-state index contributed by atoms with van der Waals surface area (Å²) in [5.41, 5.74) is 3.78. The fraction of sp³-hybridized carbons (Fsp3) is 0.0690. The molecule has 0 bridgehead atoms. The van der Waals surface area contributed by atoms with Crippen molar-refractivity contribution in [3.8, 4) is 22.3 Å². The summed E-state index contributed by atoms with van der Waals surface area (Å²) >= 11 is 0. The first kappa shape index (κ1) is 25.7. The minimum absolute atomic E-state index is 0.205. The van der Waals surface area contributed by atoms with Crippen LogP contribution in [0, 0.1) is 0 Å². The lowest BCUT2D eigenvalue weighted by Gasteiger charge is -2.05. The second-order valence-electron chi connectivity index (χ2n) is 9.45. The summed E-state index contributed by atoms with van der Waals surface area (Å²) in [6, 6.07) is 19.8. The van der Waals surface area contributed by atoms with Crippen LogP contribution in [0.25, 0.3) is 44.3 Å². The van der Waals surface area contributed by atoms with Crippen LogP contribution in [-0.2, 0) is 19.7 Å². The summed E-state index contributed by atoms with van der Waals surface area (Å²) in [4.78, 5) is 23.4. The molecule has 6 rings (SSSR count). The zero-order valence-corrected chi connectivity index (χ0v) is 23.0. The monoisotopic (exact) mass is 570 g/mol. The summed E-state index contributed by atoms with van der Waals surface area (Å²) in [6.07, 6.45) is 8.88. The van der Waals surface area contributed by atoms with Gasteiger partial charge in [0.15, 0.2) is 19.7 Å². The average molecular weight is 571 g/mol. The van der Waals surface area contributed by atoms with Gasteiger partial charge >= 0.3 is 6.03 Å². The van der Waals surface area contributed by atoms with Crippen LogP contribution in [-0.4, -0.2) is 54.5 Å². The van der Waals surface area contributed by atoms with Gasteiger partial charge in [0.2, 0.25) is 0 Å². The Morgan fingerprint density at radius 3 is 1.32 bits per heavy atom. The van der Waals surface area contributed by atoms with E-state index in [9.17, 15) is 21.6 Å². The number of carbonyl (C=O) groups excluding carboxylic acids is 1. The van der Waals surface area contributed by atoms with Crippen molar-refractivity contribution in [1.82, 2.24) is 19.1 Å². The number of sulfone groups is 2. The summed E-state index contributed by atoms with van der Waals surface area (Å²) in [7, 11) is -6.70. The van der Waals surface area contributed by atoms with E-state index in [4.69, 9.17) is 0 Å². The molecule has 0 amide bonds. The second kappa shape index (κ2) is 9.25. The zero-order chi connectivity index (χ0) is 28.2. The maximum atomic E-state index is 14.0. The molecular weight excluding hydrogens is 548 g/mol. The predicted octanol–water partition coefficient (Wildman–Crippen LogP) is 5.04. The van der Waals surface area contributed by atoms with Gasteiger partial charge in [0, 0.05) is 59.2 Å². The standard InChI is InChI=1S/C29H22N4O5S2/c1-39(35,36)21-11-7-19(8-12-21)25-17-32(27-23(25)5-3-15-30-27)29(34)33-18-26(24-6-4-16-31-28(24)33)20-9-13-22(14-10-20)40(2,37)38/h3-18H,1-2H3. The number of carbonyl (C=O) groups is 1. The number of hydrogen-bond acceptors (Lipinski definition) is 7. The first-order valence-electron chi connectivity index (χ1n) is 12.1. The summed E-state index contributed by atoms with van der Waals surface area (Å²) in [6.45, 7) is 0. The minimum atomic E-state index is -3.35. The van der Waals surface area contributed by atoms with E-state index in [1.54, 1.807) is 61.2 Å². The molecule has 0 N–H and O–H groups in total. The van der Waals surface area contributed by atoms with Crippen molar-refractivity contribution in [1.29, 1.82) is 0 Å². The highest BCUT2D eigenvalue weighted by Crippen LogP contribution is 2.33. The second-order valence-corrected chi connectivity index (χ2v) is 13.5. The molecular formula is C29H22N4O5S2. The van der Waals surface area contributed by atoms with Crippen LogP contribution in [0.3, 0.4) is 0 Å². The van der Waals surface area contributed by atoms with E-state index in [0.717, 1.165) is 45.5 Å². The quantitative estimate of drug-likeness (QED) is 0.291. The smallest absolute Gasteiger partial charge is 0.251 e. The Balaban J connectivity index is 1.49. The van der Waals surface area contributed by atoms with Gasteiger partial charge in [0.1, 0.15) is 11.3 Å². The highest BCUT2D eigenvalue weighted by atomic mass is 32.2. The SMILES string of the molecule is CS(=O)(=O)c1ccc(-c2cn(C(=O)n3cc(-c4ccc(S(C)(=O)=O)cc4)c4cccnc43)c3ncccc23)cc1. The predicted molar refractivity (Wildman–Crippen MR) is 153 cm³/mol. The lowest BCUT2D eigenvalue weighted by atomic mass is 10.1. The van der Waals surface area contributed by atoms with E-state index in [1.165, 1.54) is 33.4 Å². The van der Waals surface area contributed by atoms with Crippen LogP contribution in [0.15, 0.2) is 107 Å². The summed E-state index contributed by atoms with van der Waals surface area (Å²) < 4.78 is 50.6. The van der Waals surface area contributed by atoms with E-state index in [1.807, 2.05) is 12.1 Å². The fourth-order valence-electron chi connectivity index (χ4n) is 4.75. The molecule has 11 heteroatoms. The minimum Gasteiger partial charge on any atom is -0.251 e. The molecule has 6 aromatic rings. The largest absolute Gasteiger partial charge is 0.339 e. The molecule has 0 saturated heterocycles. The number of rotatable bonds is 4. The molecule has 200 valence electrons. The van der Waals surface area contributed by atoms with Crippen molar-refractivity contribution < 1.29 is 21.6 Å². The molecule has 4 heterocycles. The third-order valence-electron chi connectivity index (χ3n) is 6.73. The normalized spacial score (nSPS) is 12.2. The topological polar surface area (TPSA) is 121 Å². The van der Waals surface area contributed by atoms with E-state index in [2.05, 4.69) is 9.97 Å². The lowest BCUT2D eigenvalue weighted by molar-refractivity contribution is 0.245. The van der Waals surface area contributed by atoms with Crippen molar-refractivity contribution in [3.05, 3.63) is 97.6 Å². The number of nitrogens with zero attached hydrogens (tertiary/aromatic N) is 4. The first-order valence-corrected chi connectivity index (χ1v) is 15.9. The highest BCUT2D eigenvalue weighted by molar-refractivity contribution is 7.91. The van der Waals surface area contributed by atoms with Crippen LogP contribution in [0.1, 0.15) is 0 Å². The fourth-order valence-corrected chi connectivity index (χ4v) is 6.01. The molecule has 0 atom stereocenters. The van der Waals surface area contributed by atoms with Crippen LogP contribution in [0.4, 0.5) is 4.79 Å².